The molecule has 1 fully saturated rings. The predicted octanol–water partition coefficient (Wildman–Crippen LogP) is 3.93. The second kappa shape index (κ2) is 4.23. The summed E-state index contributed by atoms with van der Waals surface area (Å²) in [4.78, 5) is 12.3. The Kier molecular flexibility index (Phi) is 2.89. The molecule has 1 aliphatic carbocycles. The summed E-state index contributed by atoms with van der Waals surface area (Å²) in [6, 6.07) is 3.80. The van der Waals surface area contributed by atoms with Crippen LogP contribution in [-0.4, -0.2) is 18.1 Å². The SMILES string of the molecule is CC(C)(C)OC(=O)c1ccc(Br)c2c1NCC1CC21. The topological polar surface area (TPSA) is 38.3 Å². The number of benzene rings is 1. The molecule has 0 spiro atoms. The van der Waals surface area contributed by atoms with E-state index in [1.807, 2.05) is 32.9 Å². The molecular weight excluding hydrogens is 306 g/mol. The van der Waals surface area contributed by atoms with Crippen molar-refractivity contribution in [3.63, 3.8) is 0 Å². The quantitative estimate of drug-likeness (QED) is 0.796. The fraction of sp³-hybridized carbons (Fsp3) is 0.533. The van der Waals surface area contributed by atoms with Crippen LogP contribution in [0.4, 0.5) is 5.69 Å². The van der Waals surface area contributed by atoms with Crippen LogP contribution >= 0.6 is 15.9 Å². The molecule has 0 bridgehead atoms. The Bertz CT molecular complexity index is 548. The first kappa shape index (κ1) is 13.0. The van der Waals surface area contributed by atoms with Gasteiger partial charge in [-0.15, -0.1) is 0 Å². The second-order valence-corrected chi connectivity index (χ2v) is 7.22. The molecule has 1 aromatic rings. The van der Waals surface area contributed by atoms with Gasteiger partial charge in [-0.25, -0.2) is 4.79 Å². The van der Waals surface area contributed by atoms with Gasteiger partial charge in [0.05, 0.1) is 11.3 Å². The molecule has 1 aromatic carbocycles. The molecule has 3 nitrogen and oxygen atoms in total. The van der Waals surface area contributed by atoms with Crippen LogP contribution in [-0.2, 0) is 4.74 Å². The average Bonchev–Trinajstić information content (AvgIpc) is 3.05. The number of rotatable bonds is 1. The summed E-state index contributed by atoms with van der Waals surface area (Å²) in [6.07, 6.45) is 1.22. The lowest BCUT2D eigenvalue weighted by molar-refractivity contribution is 0.00705. The molecule has 19 heavy (non-hydrogen) atoms. The fourth-order valence-electron chi connectivity index (χ4n) is 2.71. The number of hydrogen-bond acceptors (Lipinski definition) is 3. The second-order valence-electron chi connectivity index (χ2n) is 6.37. The fourth-order valence-corrected chi connectivity index (χ4v) is 3.33. The van der Waals surface area contributed by atoms with Crippen LogP contribution < -0.4 is 5.32 Å². The van der Waals surface area contributed by atoms with Gasteiger partial charge in [-0.3, -0.25) is 0 Å². The molecule has 102 valence electrons. The lowest BCUT2D eigenvalue weighted by Crippen LogP contribution is -2.25. The van der Waals surface area contributed by atoms with Gasteiger partial charge in [-0.1, -0.05) is 15.9 Å². The number of esters is 1. The summed E-state index contributed by atoms with van der Waals surface area (Å²) in [5.74, 6) is 1.09. The van der Waals surface area contributed by atoms with Crippen molar-refractivity contribution in [2.24, 2.45) is 5.92 Å². The highest BCUT2D eigenvalue weighted by molar-refractivity contribution is 9.10. The van der Waals surface area contributed by atoms with Crippen LogP contribution in [0.2, 0.25) is 0 Å². The van der Waals surface area contributed by atoms with E-state index in [0.29, 0.717) is 11.5 Å². The molecule has 1 aliphatic heterocycles. The minimum Gasteiger partial charge on any atom is -0.456 e. The number of anilines is 1. The van der Waals surface area contributed by atoms with Crippen LogP contribution in [0.15, 0.2) is 16.6 Å². The Hall–Kier alpha value is -1.03. The van der Waals surface area contributed by atoms with Crippen molar-refractivity contribution in [1.29, 1.82) is 0 Å². The van der Waals surface area contributed by atoms with Crippen LogP contribution in [0, 0.1) is 5.92 Å². The van der Waals surface area contributed by atoms with E-state index in [1.54, 1.807) is 0 Å². The lowest BCUT2D eigenvalue weighted by Gasteiger charge is -2.24. The zero-order valence-corrected chi connectivity index (χ0v) is 13.0. The summed E-state index contributed by atoms with van der Waals surface area (Å²) in [7, 11) is 0. The molecule has 2 aliphatic rings. The highest BCUT2D eigenvalue weighted by Crippen LogP contribution is 2.55. The molecule has 1 N–H and O–H groups in total. The number of hydrogen-bond donors (Lipinski definition) is 1. The van der Waals surface area contributed by atoms with Crippen molar-refractivity contribution in [3.05, 3.63) is 27.7 Å². The summed E-state index contributed by atoms with van der Waals surface area (Å²) >= 11 is 3.60. The molecule has 0 saturated heterocycles. The maximum atomic E-state index is 12.3. The molecule has 2 unspecified atom stereocenters. The zero-order valence-electron chi connectivity index (χ0n) is 11.4. The van der Waals surface area contributed by atoms with Crippen molar-refractivity contribution in [3.8, 4) is 0 Å². The van der Waals surface area contributed by atoms with Crippen LogP contribution in [0.5, 0.6) is 0 Å². The molecule has 4 heteroatoms. The predicted molar refractivity (Wildman–Crippen MR) is 78.6 cm³/mol. The maximum absolute atomic E-state index is 12.3. The van der Waals surface area contributed by atoms with Gasteiger partial charge in [-0.2, -0.15) is 0 Å². The van der Waals surface area contributed by atoms with Crippen molar-refractivity contribution >= 4 is 27.6 Å². The smallest absolute Gasteiger partial charge is 0.340 e. The third-order valence-electron chi connectivity index (χ3n) is 3.65. The number of ether oxygens (including phenoxy) is 1. The molecule has 2 atom stereocenters. The van der Waals surface area contributed by atoms with E-state index >= 15 is 0 Å². The van der Waals surface area contributed by atoms with Crippen LogP contribution in [0.1, 0.15) is 49.0 Å². The van der Waals surface area contributed by atoms with E-state index in [4.69, 9.17) is 4.74 Å². The van der Waals surface area contributed by atoms with Gasteiger partial charge in [0, 0.05) is 11.0 Å². The summed E-state index contributed by atoms with van der Waals surface area (Å²) in [6.45, 7) is 6.63. The summed E-state index contributed by atoms with van der Waals surface area (Å²) in [5, 5.41) is 3.40. The lowest BCUT2D eigenvalue weighted by atomic mass is 9.99. The van der Waals surface area contributed by atoms with E-state index < -0.39 is 5.60 Å². The Labute approximate surface area is 121 Å². The highest BCUT2D eigenvalue weighted by atomic mass is 79.9. The van der Waals surface area contributed by atoms with Gasteiger partial charge >= 0.3 is 5.97 Å². The number of nitrogens with one attached hydrogen (secondary N) is 1. The summed E-state index contributed by atoms with van der Waals surface area (Å²) in [5.41, 5.74) is 2.40. The van der Waals surface area contributed by atoms with Gasteiger partial charge < -0.3 is 10.1 Å². The van der Waals surface area contributed by atoms with Crippen LogP contribution in [0.3, 0.4) is 0 Å². The monoisotopic (exact) mass is 323 g/mol. The average molecular weight is 324 g/mol. The van der Waals surface area contributed by atoms with Gasteiger partial charge in [0.1, 0.15) is 5.60 Å². The van der Waals surface area contributed by atoms with E-state index in [0.717, 1.165) is 22.6 Å². The minimum atomic E-state index is -0.464. The van der Waals surface area contributed by atoms with E-state index in [1.165, 1.54) is 12.0 Å². The zero-order chi connectivity index (χ0) is 13.8. The Morgan fingerprint density at radius 2 is 2.16 bits per heavy atom. The molecule has 3 rings (SSSR count). The van der Waals surface area contributed by atoms with Crippen molar-refractivity contribution in [2.45, 2.75) is 38.7 Å². The third kappa shape index (κ3) is 2.38. The molecule has 1 saturated carbocycles. The normalized spacial score (nSPS) is 24.0. The minimum absolute atomic E-state index is 0.247. The largest absolute Gasteiger partial charge is 0.456 e. The van der Waals surface area contributed by atoms with E-state index in [2.05, 4.69) is 21.2 Å². The van der Waals surface area contributed by atoms with E-state index in [-0.39, 0.29) is 5.97 Å². The Morgan fingerprint density at radius 1 is 1.42 bits per heavy atom. The number of carbonyl (C=O) groups is 1. The van der Waals surface area contributed by atoms with Gasteiger partial charge in [0.15, 0.2) is 0 Å². The van der Waals surface area contributed by atoms with Gasteiger partial charge in [-0.05, 0) is 56.7 Å². The number of carbonyl (C=O) groups excluding carboxylic acids is 1. The van der Waals surface area contributed by atoms with Crippen molar-refractivity contribution < 1.29 is 9.53 Å². The first-order valence-electron chi connectivity index (χ1n) is 6.66. The van der Waals surface area contributed by atoms with Crippen molar-refractivity contribution in [2.75, 3.05) is 11.9 Å². The third-order valence-corrected chi connectivity index (χ3v) is 4.34. The molecule has 0 radical (unpaired) electrons. The number of halogens is 1. The first-order valence-corrected chi connectivity index (χ1v) is 7.46. The molecule has 0 aromatic heterocycles. The van der Waals surface area contributed by atoms with E-state index in [9.17, 15) is 4.79 Å². The highest BCUT2D eigenvalue weighted by Gasteiger charge is 2.44. The Morgan fingerprint density at radius 3 is 2.84 bits per heavy atom. The number of fused-ring (bicyclic) bond motifs is 3. The molecule has 0 amide bonds. The first-order chi connectivity index (χ1) is 8.87. The van der Waals surface area contributed by atoms with Gasteiger partial charge in [0.2, 0.25) is 0 Å². The van der Waals surface area contributed by atoms with Crippen molar-refractivity contribution in [1.82, 2.24) is 0 Å². The summed E-state index contributed by atoms with van der Waals surface area (Å²) < 4.78 is 6.58. The maximum Gasteiger partial charge on any atom is 0.340 e. The molecule has 1 heterocycles. The molecular formula is C15H18BrNO2. The Balaban J connectivity index is 1.99. The standard InChI is InChI=1S/C15H18BrNO2/c1-15(2,3)19-14(18)9-4-5-11(16)12-10-6-8(10)7-17-13(9)12/h4-5,8,10,17H,6-7H2,1-3H3. The van der Waals surface area contributed by atoms with Crippen LogP contribution in [0.25, 0.3) is 0 Å². The van der Waals surface area contributed by atoms with Gasteiger partial charge in [0.25, 0.3) is 0 Å².